The van der Waals surface area contributed by atoms with Gasteiger partial charge in [-0.25, -0.2) is 0 Å². The van der Waals surface area contributed by atoms with Gasteiger partial charge in [-0.05, 0) is 12.7 Å². The summed E-state index contributed by atoms with van der Waals surface area (Å²) < 4.78 is 28.1. The van der Waals surface area contributed by atoms with Crippen LogP contribution in [0.1, 0.15) is 34.6 Å². The number of thioether (sulfide) groups is 1. The molecular formula is C14H22O7S. The highest BCUT2D eigenvalue weighted by molar-refractivity contribution is 8.00. The average Bonchev–Trinajstić information content (AvgIpc) is 2.69. The van der Waals surface area contributed by atoms with Gasteiger partial charge in [0.05, 0.1) is 6.10 Å². The van der Waals surface area contributed by atoms with Gasteiger partial charge in [0.2, 0.25) is 5.12 Å². The largest absolute Gasteiger partial charge is 0.456 e. The summed E-state index contributed by atoms with van der Waals surface area (Å²) in [5.41, 5.74) is 0. The summed E-state index contributed by atoms with van der Waals surface area (Å²) in [6.07, 6.45) is -3.30. The summed E-state index contributed by atoms with van der Waals surface area (Å²) in [4.78, 5) is 22.7. The van der Waals surface area contributed by atoms with E-state index in [2.05, 4.69) is 0 Å². The van der Waals surface area contributed by atoms with Crippen molar-refractivity contribution in [3.05, 3.63) is 0 Å². The molecule has 0 amide bonds. The number of carbonyl (C=O) groups is 2. The van der Waals surface area contributed by atoms with E-state index in [0.29, 0.717) is 0 Å². The molecule has 0 aromatic carbocycles. The van der Waals surface area contributed by atoms with Crippen LogP contribution in [0, 0.1) is 0 Å². The Kier molecular flexibility index (Phi) is 5.37. The van der Waals surface area contributed by atoms with Crippen LogP contribution in [-0.2, 0) is 33.3 Å². The third kappa shape index (κ3) is 3.73. The molecule has 6 unspecified atom stereocenters. The molecule has 0 bridgehead atoms. The van der Waals surface area contributed by atoms with E-state index in [1.54, 1.807) is 13.8 Å². The predicted molar refractivity (Wildman–Crippen MR) is 77.9 cm³/mol. The maximum absolute atomic E-state index is 11.4. The van der Waals surface area contributed by atoms with E-state index >= 15 is 0 Å². The SMILES string of the molecule is CCSC1(C)OC2OC(C)C(OC(C)=O)C(OC(C)=O)C2O1. The zero-order valence-electron chi connectivity index (χ0n) is 13.4. The Labute approximate surface area is 133 Å². The number of carbonyl (C=O) groups excluding carboxylic acids is 2. The number of fused-ring (bicyclic) bond motifs is 1. The lowest BCUT2D eigenvalue weighted by atomic mass is 9.99. The van der Waals surface area contributed by atoms with Crippen molar-refractivity contribution >= 4 is 23.7 Å². The molecule has 0 radical (unpaired) electrons. The quantitative estimate of drug-likeness (QED) is 0.715. The highest BCUT2D eigenvalue weighted by atomic mass is 32.2. The lowest BCUT2D eigenvalue weighted by Crippen LogP contribution is -2.58. The first-order valence-electron chi connectivity index (χ1n) is 7.25. The lowest BCUT2D eigenvalue weighted by molar-refractivity contribution is -0.253. The third-order valence-corrected chi connectivity index (χ3v) is 4.42. The van der Waals surface area contributed by atoms with Crippen LogP contribution in [0.25, 0.3) is 0 Å². The Bertz CT molecular complexity index is 443. The average molecular weight is 334 g/mol. The summed E-state index contributed by atoms with van der Waals surface area (Å²) in [6.45, 7) is 8.12. The van der Waals surface area contributed by atoms with E-state index in [1.165, 1.54) is 25.6 Å². The number of ether oxygens (including phenoxy) is 5. The first-order valence-corrected chi connectivity index (χ1v) is 8.24. The van der Waals surface area contributed by atoms with Crippen LogP contribution in [0.5, 0.6) is 0 Å². The lowest BCUT2D eigenvalue weighted by Gasteiger charge is -2.39. The molecule has 126 valence electrons. The van der Waals surface area contributed by atoms with E-state index in [9.17, 15) is 9.59 Å². The molecule has 0 spiro atoms. The molecule has 22 heavy (non-hydrogen) atoms. The number of esters is 2. The third-order valence-electron chi connectivity index (χ3n) is 3.42. The molecule has 0 N–H and O–H groups in total. The van der Waals surface area contributed by atoms with E-state index in [-0.39, 0.29) is 0 Å². The molecule has 0 aliphatic carbocycles. The maximum atomic E-state index is 11.4. The minimum absolute atomic E-state index is 0.472. The van der Waals surface area contributed by atoms with Crippen LogP contribution in [0.2, 0.25) is 0 Å². The molecule has 8 heteroatoms. The van der Waals surface area contributed by atoms with Crippen LogP contribution < -0.4 is 0 Å². The van der Waals surface area contributed by atoms with E-state index < -0.39 is 47.8 Å². The van der Waals surface area contributed by atoms with Crippen molar-refractivity contribution in [2.24, 2.45) is 0 Å². The molecule has 2 rings (SSSR count). The summed E-state index contributed by atoms with van der Waals surface area (Å²) >= 11 is 1.47. The second kappa shape index (κ2) is 6.74. The van der Waals surface area contributed by atoms with Crippen molar-refractivity contribution in [3.63, 3.8) is 0 Å². The maximum Gasteiger partial charge on any atom is 0.303 e. The van der Waals surface area contributed by atoms with Gasteiger partial charge < -0.3 is 23.7 Å². The molecule has 2 heterocycles. The van der Waals surface area contributed by atoms with Crippen molar-refractivity contribution in [3.8, 4) is 0 Å². The van der Waals surface area contributed by atoms with Gasteiger partial charge in [-0.2, -0.15) is 0 Å². The van der Waals surface area contributed by atoms with Crippen molar-refractivity contribution < 1.29 is 33.3 Å². The molecular weight excluding hydrogens is 312 g/mol. The predicted octanol–water partition coefficient (Wildman–Crippen LogP) is 1.44. The molecule has 2 aliphatic rings. The number of rotatable bonds is 4. The van der Waals surface area contributed by atoms with Crippen molar-refractivity contribution in [2.75, 3.05) is 5.75 Å². The Morgan fingerprint density at radius 3 is 2.27 bits per heavy atom. The summed E-state index contributed by atoms with van der Waals surface area (Å²) in [7, 11) is 0. The van der Waals surface area contributed by atoms with Gasteiger partial charge >= 0.3 is 11.9 Å². The molecule has 2 fully saturated rings. The highest BCUT2D eigenvalue weighted by Crippen LogP contribution is 2.43. The summed E-state index contributed by atoms with van der Waals surface area (Å²) in [6, 6.07) is 0. The van der Waals surface area contributed by atoms with Gasteiger partial charge in [0.1, 0.15) is 0 Å². The molecule has 0 saturated carbocycles. The van der Waals surface area contributed by atoms with Crippen molar-refractivity contribution in [2.45, 2.75) is 70.4 Å². The first kappa shape index (κ1) is 17.5. The molecule has 2 aliphatic heterocycles. The molecule has 0 aromatic heterocycles. The van der Waals surface area contributed by atoms with Gasteiger partial charge in [-0.15, -0.1) is 0 Å². The molecule has 2 saturated heterocycles. The van der Waals surface area contributed by atoms with Gasteiger partial charge in [-0.1, -0.05) is 18.7 Å². The standard InChI is InChI=1S/C14H22O7S/c1-6-22-14(5)20-12-11(19-9(4)16)10(18-8(3)15)7(2)17-13(12)21-14/h7,10-13H,6H2,1-5H3. The Morgan fingerprint density at radius 1 is 1.14 bits per heavy atom. The Hall–Kier alpha value is -0.830. The Morgan fingerprint density at radius 2 is 1.73 bits per heavy atom. The van der Waals surface area contributed by atoms with Gasteiger partial charge in [0.15, 0.2) is 24.6 Å². The summed E-state index contributed by atoms with van der Waals surface area (Å²) in [5, 5.41) is -0.882. The van der Waals surface area contributed by atoms with Crippen LogP contribution in [0.3, 0.4) is 0 Å². The van der Waals surface area contributed by atoms with Crippen LogP contribution in [0.4, 0.5) is 0 Å². The second-order valence-corrected chi connectivity index (χ2v) is 6.96. The molecule has 6 atom stereocenters. The van der Waals surface area contributed by atoms with E-state index in [0.717, 1.165) is 5.75 Å². The number of hydrogen-bond donors (Lipinski definition) is 0. The van der Waals surface area contributed by atoms with E-state index in [4.69, 9.17) is 23.7 Å². The fourth-order valence-corrected chi connectivity index (χ4v) is 3.56. The minimum Gasteiger partial charge on any atom is -0.456 e. The molecule has 0 aromatic rings. The summed E-state index contributed by atoms with van der Waals surface area (Å²) in [5.74, 6) is -0.159. The second-order valence-electron chi connectivity index (χ2n) is 5.35. The van der Waals surface area contributed by atoms with Gasteiger partial charge in [0.25, 0.3) is 0 Å². The van der Waals surface area contributed by atoms with Crippen molar-refractivity contribution in [1.29, 1.82) is 0 Å². The van der Waals surface area contributed by atoms with Crippen LogP contribution in [0.15, 0.2) is 0 Å². The number of hydrogen-bond acceptors (Lipinski definition) is 8. The smallest absolute Gasteiger partial charge is 0.303 e. The monoisotopic (exact) mass is 334 g/mol. The molecule has 7 nitrogen and oxygen atoms in total. The fraction of sp³-hybridized carbons (Fsp3) is 0.857. The van der Waals surface area contributed by atoms with Gasteiger partial charge in [-0.3, -0.25) is 9.59 Å². The highest BCUT2D eigenvalue weighted by Gasteiger charge is 2.57. The van der Waals surface area contributed by atoms with Gasteiger partial charge in [0, 0.05) is 20.8 Å². The zero-order valence-corrected chi connectivity index (χ0v) is 14.2. The minimum atomic E-state index is -0.882. The van der Waals surface area contributed by atoms with E-state index in [1.807, 2.05) is 6.92 Å². The topological polar surface area (TPSA) is 80.3 Å². The Balaban J connectivity index is 2.23. The fourth-order valence-electron chi connectivity index (χ4n) is 2.69. The normalized spacial score (nSPS) is 40.9. The zero-order chi connectivity index (χ0) is 16.5. The van der Waals surface area contributed by atoms with Crippen molar-refractivity contribution in [1.82, 2.24) is 0 Å². The van der Waals surface area contributed by atoms with Crippen LogP contribution in [-0.4, -0.2) is 53.5 Å². The van der Waals surface area contributed by atoms with Crippen LogP contribution >= 0.6 is 11.8 Å². The first-order chi connectivity index (χ1) is 10.3.